The number of hydrogen-bond acceptors (Lipinski definition) is 7. The number of ether oxygens (including phenoxy) is 1. The predicted molar refractivity (Wildman–Crippen MR) is 138 cm³/mol. The van der Waals surface area contributed by atoms with Crippen LogP contribution in [0.3, 0.4) is 0 Å². The number of amides is 1. The Labute approximate surface area is 208 Å². The lowest BCUT2D eigenvalue weighted by molar-refractivity contribution is -0.118. The van der Waals surface area contributed by atoms with E-state index in [-0.39, 0.29) is 11.7 Å². The summed E-state index contributed by atoms with van der Waals surface area (Å²) in [6.45, 7) is 6.07. The number of hydrogen-bond donors (Lipinski definition) is 1. The van der Waals surface area contributed by atoms with Gasteiger partial charge in [0, 0.05) is 64.6 Å². The Morgan fingerprint density at radius 3 is 2.54 bits per heavy atom. The lowest BCUT2D eigenvalue weighted by atomic mass is 10.2. The average Bonchev–Trinajstić information content (AvgIpc) is 3.37. The zero-order valence-electron chi connectivity index (χ0n) is 19.8. The Hall–Kier alpha value is -3.56. The maximum absolute atomic E-state index is 13.1. The van der Waals surface area contributed by atoms with Gasteiger partial charge in [0.25, 0.3) is 0 Å². The lowest BCUT2D eigenvalue weighted by Gasteiger charge is -2.36. The molecular formula is C26H28FN5O2S. The third-order valence-electron chi connectivity index (χ3n) is 5.67. The summed E-state index contributed by atoms with van der Waals surface area (Å²) in [5.41, 5.74) is 4.93. The van der Waals surface area contributed by atoms with Crippen LogP contribution in [0.4, 0.5) is 10.1 Å². The van der Waals surface area contributed by atoms with E-state index in [1.54, 1.807) is 24.6 Å². The molecule has 35 heavy (non-hydrogen) atoms. The van der Waals surface area contributed by atoms with Crippen LogP contribution in [0.15, 0.2) is 66.3 Å². The number of nitrogens with one attached hydrogen (secondary N) is 1. The number of anilines is 1. The average molecular weight is 494 g/mol. The van der Waals surface area contributed by atoms with Crippen LogP contribution in [0.1, 0.15) is 12.5 Å². The SMILES string of the molecule is CNC(C)=O.Fc1ccc(CN2CCN(c3ccnc(Oc4cccc5scnc45)c3)CC2)cc1. The largest absolute Gasteiger partial charge is 0.437 e. The van der Waals surface area contributed by atoms with Crippen molar-refractivity contribution in [3.05, 3.63) is 77.7 Å². The van der Waals surface area contributed by atoms with Crippen molar-refractivity contribution in [2.45, 2.75) is 13.5 Å². The van der Waals surface area contributed by atoms with E-state index in [1.165, 1.54) is 19.1 Å². The van der Waals surface area contributed by atoms with Crippen molar-refractivity contribution in [3.63, 3.8) is 0 Å². The van der Waals surface area contributed by atoms with Gasteiger partial charge >= 0.3 is 0 Å². The Morgan fingerprint density at radius 1 is 1.09 bits per heavy atom. The number of rotatable bonds is 5. The van der Waals surface area contributed by atoms with Gasteiger partial charge in [0.2, 0.25) is 11.8 Å². The zero-order valence-corrected chi connectivity index (χ0v) is 20.6. The van der Waals surface area contributed by atoms with E-state index in [4.69, 9.17) is 4.74 Å². The van der Waals surface area contributed by atoms with Crippen LogP contribution in [0.25, 0.3) is 10.2 Å². The van der Waals surface area contributed by atoms with E-state index < -0.39 is 0 Å². The number of benzene rings is 2. The third-order valence-corrected chi connectivity index (χ3v) is 6.46. The van der Waals surface area contributed by atoms with E-state index in [0.29, 0.717) is 5.88 Å². The minimum Gasteiger partial charge on any atom is -0.437 e. The Balaban J connectivity index is 0.000000527. The maximum Gasteiger partial charge on any atom is 0.221 e. The number of thiazole rings is 1. The molecule has 9 heteroatoms. The molecule has 0 spiro atoms. The Kier molecular flexibility index (Phi) is 8.23. The van der Waals surface area contributed by atoms with Gasteiger partial charge in [-0.25, -0.2) is 14.4 Å². The number of carbonyl (C=O) groups is 1. The second-order valence-corrected chi connectivity index (χ2v) is 8.99. The number of carbonyl (C=O) groups excluding carboxylic acids is 1. The molecular weight excluding hydrogens is 465 g/mol. The van der Waals surface area contributed by atoms with E-state index in [0.717, 1.165) is 59.9 Å². The first-order valence-corrected chi connectivity index (χ1v) is 12.3. The first-order valence-electron chi connectivity index (χ1n) is 11.4. The second-order valence-electron chi connectivity index (χ2n) is 8.11. The smallest absolute Gasteiger partial charge is 0.221 e. The number of fused-ring (bicyclic) bond motifs is 1. The Bertz CT molecular complexity index is 1260. The van der Waals surface area contributed by atoms with Crippen LogP contribution in [-0.4, -0.2) is 54.0 Å². The molecule has 0 bridgehead atoms. The summed E-state index contributed by atoms with van der Waals surface area (Å²) in [6.07, 6.45) is 1.79. The van der Waals surface area contributed by atoms with Crippen LogP contribution in [0.5, 0.6) is 11.6 Å². The van der Waals surface area contributed by atoms with Crippen molar-refractivity contribution < 1.29 is 13.9 Å². The molecule has 1 saturated heterocycles. The molecule has 0 unspecified atom stereocenters. The molecule has 4 aromatic rings. The lowest BCUT2D eigenvalue weighted by Crippen LogP contribution is -2.45. The van der Waals surface area contributed by atoms with Gasteiger partial charge in [0.1, 0.15) is 11.3 Å². The molecule has 0 radical (unpaired) electrons. The van der Waals surface area contributed by atoms with Crippen molar-refractivity contribution in [2.75, 3.05) is 38.1 Å². The number of pyridine rings is 1. The molecule has 1 aliphatic heterocycles. The molecule has 1 aliphatic rings. The molecule has 0 aliphatic carbocycles. The summed E-state index contributed by atoms with van der Waals surface area (Å²) in [6, 6.07) is 16.7. The summed E-state index contributed by atoms with van der Waals surface area (Å²) in [7, 11) is 1.60. The topological polar surface area (TPSA) is 70.6 Å². The number of para-hydroxylation sites is 1. The molecule has 3 heterocycles. The van der Waals surface area contributed by atoms with Gasteiger partial charge in [0.05, 0.1) is 10.2 Å². The summed E-state index contributed by atoms with van der Waals surface area (Å²) < 4.78 is 20.3. The molecule has 182 valence electrons. The van der Waals surface area contributed by atoms with Gasteiger partial charge in [-0.15, -0.1) is 11.3 Å². The molecule has 0 atom stereocenters. The van der Waals surface area contributed by atoms with E-state index in [1.807, 2.05) is 48.0 Å². The standard InChI is InChI=1S/C23H21FN4OS.C3H7NO/c24-18-6-4-17(5-7-18)15-27-10-12-28(13-11-27)19-8-9-25-22(14-19)29-20-2-1-3-21-23(20)26-16-30-21;1-3(5)4-2/h1-9,14,16H,10-13,15H2;1-2H3,(H,4,5). The van der Waals surface area contributed by atoms with Crippen molar-refractivity contribution in [1.29, 1.82) is 0 Å². The van der Waals surface area contributed by atoms with Crippen LogP contribution < -0.4 is 15.0 Å². The van der Waals surface area contributed by atoms with Gasteiger partial charge in [-0.05, 0) is 35.9 Å². The van der Waals surface area contributed by atoms with Crippen molar-refractivity contribution in [1.82, 2.24) is 20.2 Å². The highest BCUT2D eigenvalue weighted by Gasteiger charge is 2.18. The molecule has 7 nitrogen and oxygen atoms in total. The number of halogens is 1. The fraction of sp³-hybridized carbons (Fsp3) is 0.269. The molecule has 2 aromatic heterocycles. The highest BCUT2D eigenvalue weighted by molar-refractivity contribution is 7.16. The first-order chi connectivity index (χ1) is 17.0. The van der Waals surface area contributed by atoms with Crippen molar-refractivity contribution in [2.24, 2.45) is 0 Å². The first kappa shape index (κ1) is 24.6. The van der Waals surface area contributed by atoms with Crippen molar-refractivity contribution >= 4 is 33.1 Å². The summed E-state index contributed by atoms with van der Waals surface area (Å²) in [5, 5.41) is 2.39. The minimum absolute atomic E-state index is 0.00463. The van der Waals surface area contributed by atoms with Crippen molar-refractivity contribution in [3.8, 4) is 11.6 Å². The maximum atomic E-state index is 13.1. The van der Waals surface area contributed by atoms with Crippen LogP contribution in [0.2, 0.25) is 0 Å². The molecule has 1 N–H and O–H groups in total. The zero-order chi connectivity index (χ0) is 24.6. The van der Waals surface area contributed by atoms with E-state index in [9.17, 15) is 9.18 Å². The van der Waals surface area contributed by atoms with Crippen LogP contribution >= 0.6 is 11.3 Å². The minimum atomic E-state index is -0.190. The van der Waals surface area contributed by atoms with E-state index in [2.05, 4.69) is 25.1 Å². The number of aromatic nitrogens is 2. The van der Waals surface area contributed by atoms with Gasteiger partial charge in [0.15, 0.2) is 5.75 Å². The fourth-order valence-corrected chi connectivity index (χ4v) is 4.41. The molecule has 1 fully saturated rings. The highest BCUT2D eigenvalue weighted by atomic mass is 32.1. The number of piperazine rings is 1. The fourth-order valence-electron chi connectivity index (χ4n) is 3.72. The molecule has 1 amide bonds. The molecule has 0 saturated carbocycles. The Morgan fingerprint density at radius 2 is 1.83 bits per heavy atom. The highest BCUT2D eigenvalue weighted by Crippen LogP contribution is 2.31. The normalized spacial score (nSPS) is 13.7. The summed E-state index contributed by atoms with van der Waals surface area (Å²) in [5.74, 6) is 1.11. The van der Waals surface area contributed by atoms with Gasteiger partial charge in [-0.3, -0.25) is 9.69 Å². The second kappa shape index (κ2) is 11.7. The van der Waals surface area contributed by atoms with Crippen LogP contribution in [-0.2, 0) is 11.3 Å². The monoisotopic (exact) mass is 493 g/mol. The van der Waals surface area contributed by atoms with Gasteiger partial charge in [-0.1, -0.05) is 18.2 Å². The summed E-state index contributed by atoms with van der Waals surface area (Å²) in [4.78, 5) is 23.2. The summed E-state index contributed by atoms with van der Waals surface area (Å²) >= 11 is 1.60. The quantitative estimate of drug-likeness (QED) is 0.435. The van der Waals surface area contributed by atoms with Gasteiger partial charge < -0.3 is 15.0 Å². The van der Waals surface area contributed by atoms with E-state index >= 15 is 0 Å². The molecule has 5 rings (SSSR count). The molecule has 2 aromatic carbocycles. The van der Waals surface area contributed by atoms with Crippen LogP contribution in [0, 0.1) is 5.82 Å². The third kappa shape index (κ3) is 6.74. The predicted octanol–water partition coefficient (Wildman–Crippen LogP) is 4.70. The number of nitrogens with zero attached hydrogens (tertiary/aromatic N) is 4. The van der Waals surface area contributed by atoms with Gasteiger partial charge in [-0.2, -0.15) is 0 Å².